The molecule has 0 saturated carbocycles. The van der Waals surface area contributed by atoms with Gasteiger partial charge in [-0.25, -0.2) is 8.42 Å². The Morgan fingerprint density at radius 1 is 1.22 bits per heavy atom. The lowest BCUT2D eigenvalue weighted by atomic mass is 10.2. The Balaban J connectivity index is 2.57. The number of rotatable bonds is 7. The van der Waals surface area contributed by atoms with E-state index in [0.717, 1.165) is 11.3 Å². The summed E-state index contributed by atoms with van der Waals surface area (Å²) in [6, 6.07) is 6.83. The van der Waals surface area contributed by atoms with Gasteiger partial charge in [-0.05, 0) is 29.4 Å². The van der Waals surface area contributed by atoms with Crippen molar-refractivity contribution in [3.8, 4) is 0 Å². The summed E-state index contributed by atoms with van der Waals surface area (Å²) in [6.45, 7) is 4.70. The Hall–Kier alpha value is -0.520. The molecule has 0 spiro atoms. The first-order valence-corrected chi connectivity index (χ1v) is 8.86. The van der Waals surface area contributed by atoms with E-state index in [9.17, 15) is 8.42 Å². The molecular formula is C13H21NO2S2. The molecule has 0 atom stereocenters. The number of nitrogens with two attached hydrogens (primary N) is 1. The molecule has 0 amide bonds. The zero-order valence-electron chi connectivity index (χ0n) is 10.9. The van der Waals surface area contributed by atoms with E-state index in [1.165, 1.54) is 0 Å². The van der Waals surface area contributed by atoms with Crippen LogP contribution in [0.5, 0.6) is 0 Å². The Morgan fingerprint density at radius 2 is 1.83 bits per heavy atom. The van der Waals surface area contributed by atoms with Crippen molar-refractivity contribution in [3.63, 3.8) is 0 Å². The van der Waals surface area contributed by atoms with Gasteiger partial charge in [0.1, 0.15) is 0 Å². The van der Waals surface area contributed by atoms with Gasteiger partial charge in [-0.15, -0.1) is 0 Å². The monoisotopic (exact) mass is 287 g/mol. The van der Waals surface area contributed by atoms with Gasteiger partial charge in [-0.1, -0.05) is 26.0 Å². The molecule has 18 heavy (non-hydrogen) atoms. The van der Waals surface area contributed by atoms with Gasteiger partial charge in [0, 0.05) is 12.3 Å². The fourth-order valence-electron chi connectivity index (χ4n) is 1.44. The minimum Gasteiger partial charge on any atom is -0.326 e. The van der Waals surface area contributed by atoms with Crippen LogP contribution in [0.4, 0.5) is 0 Å². The van der Waals surface area contributed by atoms with Gasteiger partial charge in [-0.2, -0.15) is 11.8 Å². The first kappa shape index (κ1) is 15.5. The van der Waals surface area contributed by atoms with Gasteiger partial charge in [0.05, 0.1) is 10.6 Å². The Bertz CT molecular complexity index is 452. The normalized spacial score (nSPS) is 12.0. The molecule has 0 aliphatic heterocycles. The molecule has 1 rings (SSSR count). The van der Waals surface area contributed by atoms with Gasteiger partial charge in [0.2, 0.25) is 0 Å². The van der Waals surface area contributed by atoms with E-state index < -0.39 is 9.84 Å². The Kier molecular flexibility index (Phi) is 6.18. The largest absolute Gasteiger partial charge is 0.326 e. The standard InChI is InChI=1S/C13H21NO2S2/c1-11(2)10-17-7-8-18(15,16)13-5-3-12(9-14)4-6-13/h3-6,11H,7-10,14H2,1-2H3. The van der Waals surface area contributed by atoms with Crippen LogP contribution >= 0.6 is 11.8 Å². The Labute approximate surface area is 114 Å². The first-order valence-electron chi connectivity index (χ1n) is 6.05. The van der Waals surface area contributed by atoms with Crippen molar-refractivity contribution in [3.05, 3.63) is 29.8 Å². The number of benzene rings is 1. The zero-order chi connectivity index (χ0) is 13.6. The lowest BCUT2D eigenvalue weighted by Crippen LogP contribution is -2.10. The molecule has 0 aliphatic carbocycles. The number of sulfone groups is 1. The van der Waals surface area contributed by atoms with Crippen LogP contribution < -0.4 is 5.73 Å². The highest BCUT2D eigenvalue weighted by molar-refractivity contribution is 8.00. The van der Waals surface area contributed by atoms with E-state index in [-0.39, 0.29) is 5.75 Å². The minimum absolute atomic E-state index is 0.201. The minimum atomic E-state index is -3.14. The smallest absolute Gasteiger partial charge is 0.179 e. The molecule has 1 aromatic carbocycles. The molecule has 0 unspecified atom stereocenters. The highest BCUT2D eigenvalue weighted by Crippen LogP contribution is 2.15. The summed E-state index contributed by atoms with van der Waals surface area (Å²) in [5.74, 6) is 2.45. The van der Waals surface area contributed by atoms with Crippen LogP contribution in [-0.4, -0.2) is 25.7 Å². The third kappa shape index (κ3) is 5.00. The highest BCUT2D eigenvalue weighted by Gasteiger charge is 2.13. The molecule has 0 saturated heterocycles. The van der Waals surface area contributed by atoms with Crippen molar-refractivity contribution in [2.75, 3.05) is 17.3 Å². The van der Waals surface area contributed by atoms with E-state index in [2.05, 4.69) is 13.8 Å². The van der Waals surface area contributed by atoms with Crippen molar-refractivity contribution in [2.45, 2.75) is 25.3 Å². The van der Waals surface area contributed by atoms with Crippen LogP contribution in [0.1, 0.15) is 19.4 Å². The van der Waals surface area contributed by atoms with Crippen molar-refractivity contribution >= 4 is 21.6 Å². The second kappa shape index (κ2) is 7.16. The second-order valence-corrected chi connectivity index (χ2v) is 7.89. The molecule has 5 heteroatoms. The summed E-state index contributed by atoms with van der Waals surface area (Å²) >= 11 is 1.69. The summed E-state index contributed by atoms with van der Waals surface area (Å²) in [5, 5.41) is 0. The maximum absolute atomic E-state index is 12.0. The average Bonchev–Trinajstić information content (AvgIpc) is 2.34. The van der Waals surface area contributed by atoms with Crippen LogP contribution in [0.2, 0.25) is 0 Å². The maximum atomic E-state index is 12.0. The quantitative estimate of drug-likeness (QED) is 0.782. The third-order valence-electron chi connectivity index (χ3n) is 2.47. The summed E-state index contributed by atoms with van der Waals surface area (Å²) < 4.78 is 24.1. The molecule has 0 aliphatic rings. The van der Waals surface area contributed by atoms with Gasteiger partial charge in [-0.3, -0.25) is 0 Å². The van der Waals surface area contributed by atoms with Gasteiger partial charge in [0.15, 0.2) is 9.84 Å². The van der Waals surface area contributed by atoms with Gasteiger partial charge < -0.3 is 5.73 Å². The number of hydrogen-bond donors (Lipinski definition) is 1. The molecule has 0 bridgehead atoms. The predicted molar refractivity (Wildman–Crippen MR) is 78.5 cm³/mol. The molecule has 0 heterocycles. The topological polar surface area (TPSA) is 60.2 Å². The molecule has 0 aromatic heterocycles. The molecular weight excluding hydrogens is 266 g/mol. The van der Waals surface area contributed by atoms with Gasteiger partial charge >= 0.3 is 0 Å². The third-order valence-corrected chi connectivity index (χ3v) is 5.85. The summed E-state index contributed by atoms with van der Waals surface area (Å²) in [4.78, 5) is 0.393. The van der Waals surface area contributed by atoms with E-state index in [1.54, 1.807) is 36.0 Å². The van der Waals surface area contributed by atoms with Gasteiger partial charge in [0.25, 0.3) is 0 Å². The van der Waals surface area contributed by atoms with Crippen molar-refractivity contribution in [1.82, 2.24) is 0 Å². The Morgan fingerprint density at radius 3 is 2.33 bits per heavy atom. The van der Waals surface area contributed by atoms with Crippen molar-refractivity contribution in [1.29, 1.82) is 0 Å². The lowest BCUT2D eigenvalue weighted by Gasteiger charge is -2.06. The summed E-state index contributed by atoms with van der Waals surface area (Å²) in [6.07, 6.45) is 0. The molecule has 1 aromatic rings. The molecule has 102 valence electrons. The fraction of sp³-hybridized carbons (Fsp3) is 0.538. The van der Waals surface area contributed by atoms with Crippen molar-refractivity contribution < 1.29 is 8.42 Å². The van der Waals surface area contributed by atoms with E-state index in [4.69, 9.17) is 5.73 Å². The lowest BCUT2D eigenvalue weighted by molar-refractivity contribution is 0.597. The number of thioether (sulfide) groups is 1. The van der Waals surface area contributed by atoms with E-state index in [1.807, 2.05) is 0 Å². The molecule has 0 fully saturated rings. The number of hydrogen-bond acceptors (Lipinski definition) is 4. The zero-order valence-corrected chi connectivity index (χ0v) is 12.6. The van der Waals surface area contributed by atoms with Crippen LogP contribution in [-0.2, 0) is 16.4 Å². The maximum Gasteiger partial charge on any atom is 0.179 e. The summed E-state index contributed by atoms with van der Waals surface area (Å²) in [7, 11) is -3.14. The van der Waals surface area contributed by atoms with Crippen molar-refractivity contribution in [2.24, 2.45) is 11.7 Å². The average molecular weight is 287 g/mol. The SMILES string of the molecule is CC(C)CSCCS(=O)(=O)c1ccc(CN)cc1. The van der Waals surface area contributed by atoms with Crippen LogP contribution in [0.15, 0.2) is 29.2 Å². The first-order chi connectivity index (χ1) is 8.45. The van der Waals surface area contributed by atoms with Crippen LogP contribution in [0.3, 0.4) is 0 Å². The fourth-order valence-corrected chi connectivity index (χ4v) is 4.21. The van der Waals surface area contributed by atoms with Crippen LogP contribution in [0.25, 0.3) is 0 Å². The van der Waals surface area contributed by atoms with Crippen LogP contribution in [0, 0.1) is 5.92 Å². The second-order valence-electron chi connectivity index (χ2n) is 4.64. The highest BCUT2D eigenvalue weighted by atomic mass is 32.2. The van der Waals surface area contributed by atoms with E-state index in [0.29, 0.717) is 23.1 Å². The van der Waals surface area contributed by atoms with E-state index >= 15 is 0 Å². The molecule has 0 radical (unpaired) electrons. The predicted octanol–water partition coefficient (Wildman–Crippen LogP) is 2.31. The molecule has 2 N–H and O–H groups in total. The molecule has 3 nitrogen and oxygen atoms in total. The summed E-state index contributed by atoms with van der Waals surface area (Å²) in [5.41, 5.74) is 6.43.